The minimum atomic E-state index is -0.360. The second-order valence-electron chi connectivity index (χ2n) is 5.41. The van der Waals surface area contributed by atoms with Crippen molar-refractivity contribution in [3.63, 3.8) is 0 Å². The summed E-state index contributed by atoms with van der Waals surface area (Å²) in [6, 6.07) is 7.02. The molecule has 0 radical (unpaired) electrons. The molecule has 1 saturated heterocycles. The van der Waals surface area contributed by atoms with Crippen molar-refractivity contribution in [1.82, 2.24) is 10.3 Å². The van der Waals surface area contributed by atoms with Gasteiger partial charge < -0.3 is 9.84 Å². The lowest BCUT2D eigenvalue weighted by Crippen LogP contribution is -2.31. The highest BCUT2D eigenvalue weighted by atomic mass is 16.5. The topological polar surface area (TPSA) is 87.8 Å². The molecule has 116 valence electrons. The van der Waals surface area contributed by atoms with Crippen LogP contribution in [-0.4, -0.2) is 48.3 Å². The Bertz CT molecular complexity index is 479. The van der Waals surface area contributed by atoms with E-state index in [9.17, 15) is 9.90 Å². The first-order valence-corrected chi connectivity index (χ1v) is 7.25. The molecule has 0 aromatic heterocycles. The van der Waals surface area contributed by atoms with Gasteiger partial charge in [0.15, 0.2) is 0 Å². The van der Waals surface area contributed by atoms with Gasteiger partial charge in [0.25, 0.3) is 5.91 Å². The maximum atomic E-state index is 11.6. The van der Waals surface area contributed by atoms with Crippen molar-refractivity contribution in [1.29, 1.82) is 0 Å². The predicted molar refractivity (Wildman–Crippen MR) is 79.8 cm³/mol. The molecule has 1 aliphatic heterocycles. The van der Waals surface area contributed by atoms with Crippen LogP contribution < -0.4 is 16.0 Å². The Kier molecular flexibility index (Phi) is 5.55. The van der Waals surface area contributed by atoms with Crippen LogP contribution in [0, 0.1) is 5.92 Å². The number of carbonyl (C=O) groups is 1. The van der Waals surface area contributed by atoms with E-state index in [0.717, 1.165) is 26.1 Å². The summed E-state index contributed by atoms with van der Waals surface area (Å²) >= 11 is 0. The molecule has 1 aliphatic rings. The molecule has 0 bridgehead atoms. The Morgan fingerprint density at radius 2 is 2.33 bits per heavy atom. The van der Waals surface area contributed by atoms with E-state index in [1.165, 1.54) is 0 Å². The van der Waals surface area contributed by atoms with Crippen LogP contribution in [0.4, 0.5) is 0 Å². The van der Waals surface area contributed by atoms with Crippen molar-refractivity contribution in [2.24, 2.45) is 11.8 Å². The Morgan fingerprint density at radius 3 is 3.00 bits per heavy atom. The van der Waals surface area contributed by atoms with Crippen LogP contribution in [0.5, 0.6) is 5.75 Å². The van der Waals surface area contributed by atoms with E-state index >= 15 is 0 Å². The number of nitrogen functional groups attached to an aromatic ring is 1. The first-order chi connectivity index (χ1) is 10.1. The number of hydrogen-bond donors (Lipinski definition) is 3. The lowest BCUT2D eigenvalue weighted by atomic mass is 10.0. The van der Waals surface area contributed by atoms with Gasteiger partial charge in [0.05, 0.1) is 11.7 Å². The van der Waals surface area contributed by atoms with Crippen LogP contribution in [0.2, 0.25) is 0 Å². The van der Waals surface area contributed by atoms with Crippen molar-refractivity contribution in [2.45, 2.75) is 19.4 Å². The van der Waals surface area contributed by atoms with Crippen LogP contribution in [-0.2, 0) is 0 Å². The number of amides is 1. The van der Waals surface area contributed by atoms with Gasteiger partial charge in [-0.05, 0) is 37.9 Å². The zero-order chi connectivity index (χ0) is 15.2. The molecule has 2 atom stereocenters. The van der Waals surface area contributed by atoms with Gasteiger partial charge in [0.1, 0.15) is 12.4 Å². The van der Waals surface area contributed by atoms with Gasteiger partial charge in [-0.1, -0.05) is 12.1 Å². The number of likely N-dealkylation sites (tertiary alicyclic amines) is 1. The third kappa shape index (κ3) is 4.17. The minimum absolute atomic E-state index is 0.259. The molecule has 1 aromatic carbocycles. The van der Waals surface area contributed by atoms with Gasteiger partial charge in [0, 0.05) is 13.1 Å². The Hall–Kier alpha value is -1.63. The largest absolute Gasteiger partial charge is 0.491 e. The SMILES string of the molecule is CC(O)C1CCN(CCOc2ccccc2C(=O)NN)C1. The number of ether oxygens (including phenoxy) is 1. The Morgan fingerprint density at radius 1 is 1.57 bits per heavy atom. The minimum Gasteiger partial charge on any atom is -0.491 e. The molecule has 0 spiro atoms. The number of nitrogens with zero attached hydrogens (tertiary/aromatic N) is 1. The van der Waals surface area contributed by atoms with E-state index in [0.29, 0.717) is 23.8 Å². The predicted octanol–water partition coefficient (Wildman–Crippen LogP) is 0.372. The average molecular weight is 293 g/mol. The third-order valence-electron chi connectivity index (χ3n) is 3.92. The maximum absolute atomic E-state index is 11.6. The summed E-state index contributed by atoms with van der Waals surface area (Å²) in [5.74, 6) is 5.68. The van der Waals surface area contributed by atoms with E-state index in [2.05, 4.69) is 10.3 Å². The van der Waals surface area contributed by atoms with Crippen molar-refractivity contribution in [2.75, 3.05) is 26.2 Å². The van der Waals surface area contributed by atoms with Crippen LogP contribution in [0.25, 0.3) is 0 Å². The fourth-order valence-electron chi connectivity index (χ4n) is 2.60. The molecule has 0 saturated carbocycles. The van der Waals surface area contributed by atoms with Crippen LogP contribution in [0.1, 0.15) is 23.7 Å². The lowest BCUT2D eigenvalue weighted by Gasteiger charge is -2.18. The molecule has 6 nitrogen and oxygen atoms in total. The summed E-state index contributed by atoms with van der Waals surface area (Å²) < 4.78 is 5.70. The van der Waals surface area contributed by atoms with Crippen molar-refractivity contribution in [3.05, 3.63) is 29.8 Å². The van der Waals surface area contributed by atoms with Gasteiger partial charge in [0.2, 0.25) is 0 Å². The number of aliphatic hydroxyl groups excluding tert-OH is 1. The number of para-hydroxylation sites is 1. The second kappa shape index (κ2) is 7.40. The maximum Gasteiger partial charge on any atom is 0.268 e. The molecule has 4 N–H and O–H groups in total. The average Bonchev–Trinajstić information content (AvgIpc) is 2.96. The Labute approximate surface area is 124 Å². The zero-order valence-corrected chi connectivity index (χ0v) is 12.3. The number of carbonyl (C=O) groups excluding carboxylic acids is 1. The van der Waals surface area contributed by atoms with Crippen molar-refractivity contribution < 1.29 is 14.6 Å². The second-order valence-corrected chi connectivity index (χ2v) is 5.41. The molecule has 21 heavy (non-hydrogen) atoms. The highest BCUT2D eigenvalue weighted by molar-refractivity contribution is 5.96. The number of nitrogens with one attached hydrogen (secondary N) is 1. The molecule has 6 heteroatoms. The molecular formula is C15H23N3O3. The molecule has 2 unspecified atom stereocenters. The summed E-state index contributed by atoms with van der Waals surface area (Å²) in [7, 11) is 0. The summed E-state index contributed by atoms with van der Waals surface area (Å²) in [4.78, 5) is 13.9. The van der Waals surface area contributed by atoms with E-state index < -0.39 is 0 Å². The monoisotopic (exact) mass is 293 g/mol. The molecule has 1 fully saturated rings. The summed E-state index contributed by atoms with van der Waals surface area (Å²) in [6.07, 6.45) is 0.758. The number of hydrogen-bond acceptors (Lipinski definition) is 5. The van der Waals surface area contributed by atoms with Crippen molar-refractivity contribution in [3.8, 4) is 5.75 Å². The Balaban J connectivity index is 1.83. The molecule has 1 heterocycles. The fraction of sp³-hybridized carbons (Fsp3) is 0.533. The molecule has 2 rings (SSSR count). The standard InChI is InChI=1S/C15H23N3O3/c1-11(19)12-6-7-18(10-12)8-9-21-14-5-3-2-4-13(14)15(20)17-16/h2-5,11-12,19H,6-10,16H2,1H3,(H,17,20). The van der Waals surface area contributed by atoms with Crippen molar-refractivity contribution >= 4 is 5.91 Å². The highest BCUT2D eigenvalue weighted by Crippen LogP contribution is 2.20. The number of aliphatic hydroxyl groups is 1. The first kappa shape index (κ1) is 15.8. The normalized spacial score (nSPS) is 20.2. The smallest absolute Gasteiger partial charge is 0.268 e. The van der Waals surface area contributed by atoms with E-state index in [1.54, 1.807) is 18.2 Å². The van der Waals surface area contributed by atoms with Gasteiger partial charge in [-0.15, -0.1) is 0 Å². The zero-order valence-electron chi connectivity index (χ0n) is 12.3. The molecule has 1 amide bonds. The molecule has 0 aliphatic carbocycles. The first-order valence-electron chi connectivity index (χ1n) is 7.25. The highest BCUT2D eigenvalue weighted by Gasteiger charge is 2.25. The number of hydrazine groups is 1. The quantitative estimate of drug-likeness (QED) is 0.401. The van der Waals surface area contributed by atoms with E-state index in [1.807, 2.05) is 13.0 Å². The lowest BCUT2D eigenvalue weighted by molar-refractivity contribution is 0.0948. The van der Waals surface area contributed by atoms with E-state index in [-0.39, 0.29) is 12.0 Å². The molecule has 1 aromatic rings. The van der Waals surface area contributed by atoms with Crippen LogP contribution >= 0.6 is 0 Å². The summed E-state index contributed by atoms with van der Waals surface area (Å²) in [6.45, 7) is 4.99. The molecular weight excluding hydrogens is 270 g/mol. The van der Waals surface area contributed by atoms with Crippen LogP contribution in [0.15, 0.2) is 24.3 Å². The summed E-state index contributed by atoms with van der Waals surface area (Å²) in [5, 5.41) is 9.58. The fourth-order valence-corrected chi connectivity index (χ4v) is 2.60. The van der Waals surface area contributed by atoms with Gasteiger partial charge >= 0.3 is 0 Å². The number of nitrogens with two attached hydrogens (primary N) is 1. The van der Waals surface area contributed by atoms with Gasteiger partial charge in [-0.2, -0.15) is 0 Å². The van der Waals surface area contributed by atoms with Gasteiger partial charge in [-0.25, -0.2) is 5.84 Å². The van der Waals surface area contributed by atoms with Gasteiger partial charge in [-0.3, -0.25) is 15.1 Å². The van der Waals surface area contributed by atoms with Crippen LogP contribution in [0.3, 0.4) is 0 Å². The summed E-state index contributed by atoms with van der Waals surface area (Å²) in [5.41, 5.74) is 2.55. The third-order valence-corrected chi connectivity index (χ3v) is 3.92. The van der Waals surface area contributed by atoms with E-state index in [4.69, 9.17) is 10.6 Å². The number of benzene rings is 1. The number of rotatable bonds is 6.